The molecule has 3 rings (SSSR count). The number of nitrogens with zero attached hydrogens (tertiary/aromatic N) is 5. The van der Waals surface area contributed by atoms with Gasteiger partial charge in [-0.15, -0.1) is 0 Å². The predicted molar refractivity (Wildman–Crippen MR) is 97.4 cm³/mol. The van der Waals surface area contributed by atoms with Gasteiger partial charge in [-0.05, 0) is 25.0 Å². The van der Waals surface area contributed by atoms with Gasteiger partial charge in [-0.2, -0.15) is 4.98 Å². The molecule has 1 aliphatic rings. The van der Waals surface area contributed by atoms with Gasteiger partial charge in [0.25, 0.3) is 0 Å². The molecule has 0 spiro atoms. The summed E-state index contributed by atoms with van der Waals surface area (Å²) in [6.45, 7) is 3.44. The molecule has 1 saturated heterocycles. The van der Waals surface area contributed by atoms with Gasteiger partial charge in [0.15, 0.2) is 0 Å². The van der Waals surface area contributed by atoms with E-state index in [1.165, 1.54) is 4.90 Å². The molecule has 0 atom stereocenters. The number of urea groups is 1. The molecular formula is C18H24N6O3. The first-order valence-electron chi connectivity index (χ1n) is 9.09. The minimum atomic E-state index is -0.198. The quantitative estimate of drug-likeness (QED) is 0.856. The first-order valence-corrected chi connectivity index (χ1v) is 9.09. The van der Waals surface area contributed by atoms with Crippen LogP contribution in [-0.2, 0) is 11.3 Å². The Kier molecular flexibility index (Phi) is 6.00. The maximum absolute atomic E-state index is 12.4. The maximum atomic E-state index is 12.4. The van der Waals surface area contributed by atoms with Crippen molar-refractivity contribution in [1.29, 1.82) is 0 Å². The first-order chi connectivity index (χ1) is 13.1. The molecular weight excluding hydrogens is 348 g/mol. The van der Waals surface area contributed by atoms with Gasteiger partial charge in [0.05, 0.1) is 0 Å². The molecule has 1 N–H and O–H groups in total. The molecule has 0 aromatic carbocycles. The molecule has 0 unspecified atom stereocenters. The summed E-state index contributed by atoms with van der Waals surface area (Å²) in [5.74, 6) is 0.965. The van der Waals surface area contributed by atoms with Crippen molar-refractivity contribution < 1.29 is 14.1 Å². The van der Waals surface area contributed by atoms with Crippen LogP contribution in [0.5, 0.6) is 0 Å². The number of hydrogen-bond acceptors (Lipinski definition) is 6. The summed E-state index contributed by atoms with van der Waals surface area (Å²) >= 11 is 0. The Morgan fingerprint density at radius 1 is 1.37 bits per heavy atom. The van der Waals surface area contributed by atoms with E-state index < -0.39 is 0 Å². The van der Waals surface area contributed by atoms with Crippen LogP contribution in [0.25, 0.3) is 11.4 Å². The molecule has 0 radical (unpaired) electrons. The Balaban J connectivity index is 1.49. The highest BCUT2D eigenvalue weighted by Gasteiger charge is 2.24. The first kappa shape index (κ1) is 18.8. The van der Waals surface area contributed by atoms with Crippen LogP contribution in [-0.4, -0.2) is 63.0 Å². The fraction of sp³-hybridized carbons (Fsp3) is 0.500. The van der Waals surface area contributed by atoms with E-state index in [1.807, 2.05) is 17.9 Å². The SMILES string of the molecule is CCC(=O)N1CCC(NC(=O)N(C)Cc2nc(-c3cccnc3)no2)CC1. The molecule has 144 valence electrons. The molecule has 0 saturated carbocycles. The third-order valence-electron chi connectivity index (χ3n) is 4.58. The number of carbonyl (C=O) groups is 2. The Hall–Kier alpha value is -2.97. The minimum Gasteiger partial charge on any atom is -0.343 e. The fourth-order valence-electron chi connectivity index (χ4n) is 2.99. The number of pyridine rings is 1. The third kappa shape index (κ3) is 4.81. The predicted octanol–water partition coefficient (Wildman–Crippen LogP) is 1.67. The lowest BCUT2D eigenvalue weighted by Crippen LogP contribution is -2.49. The molecule has 1 fully saturated rings. The van der Waals surface area contributed by atoms with Crippen LogP contribution in [0.4, 0.5) is 4.79 Å². The normalized spacial score (nSPS) is 14.8. The zero-order valence-corrected chi connectivity index (χ0v) is 15.6. The van der Waals surface area contributed by atoms with Crippen LogP contribution >= 0.6 is 0 Å². The molecule has 2 aromatic rings. The molecule has 1 aliphatic heterocycles. The van der Waals surface area contributed by atoms with E-state index in [-0.39, 0.29) is 24.5 Å². The topological polar surface area (TPSA) is 104 Å². The summed E-state index contributed by atoms with van der Waals surface area (Å²) in [6, 6.07) is 3.50. The monoisotopic (exact) mass is 372 g/mol. The van der Waals surface area contributed by atoms with Crippen molar-refractivity contribution in [3.63, 3.8) is 0 Å². The second-order valence-electron chi connectivity index (χ2n) is 6.57. The smallest absolute Gasteiger partial charge is 0.317 e. The Morgan fingerprint density at radius 2 is 2.15 bits per heavy atom. The fourth-order valence-corrected chi connectivity index (χ4v) is 2.99. The van der Waals surface area contributed by atoms with E-state index in [1.54, 1.807) is 25.5 Å². The zero-order chi connectivity index (χ0) is 19.2. The average molecular weight is 372 g/mol. The van der Waals surface area contributed by atoms with Gasteiger partial charge in [-0.25, -0.2) is 4.79 Å². The molecule has 9 heteroatoms. The maximum Gasteiger partial charge on any atom is 0.317 e. The van der Waals surface area contributed by atoms with Crippen molar-refractivity contribution in [2.45, 2.75) is 38.8 Å². The number of amides is 3. The van der Waals surface area contributed by atoms with E-state index in [9.17, 15) is 9.59 Å². The van der Waals surface area contributed by atoms with E-state index >= 15 is 0 Å². The molecule has 3 amide bonds. The van der Waals surface area contributed by atoms with Crippen molar-refractivity contribution in [2.24, 2.45) is 0 Å². The van der Waals surface area contributed by atoms with Crippen LogP contribution < -0.4 is 5.32 Å². The second-order valence-corrected chi connectivity index (χ2v) is 6.57. The molecule has 3 heterocycles. The summed E-state index contributed by atoms with van der Waals surface area (Å²) in [5.41, 5.74) is 0.757. The molecule has 0 aliphatic carbocycles. The highest BCUT2D eigenvalue weighted by Crippen LogP contribution is 2.15. The molecule has 0 bridgehead atoms. The van der Waals surface area contributed by atoms with Crippen LogP contribution in [0, 0.1) is 0 Å². The van der Waals surface area contributed by atoms with E-state index in [4.69, 9.17) is 4.52 Å². The molecule has 27 heavy (non-hydrogen) atoms. The lowest BCUT2D eigenvalue weighted by Gasteiger charge is -2.33. The van der Waals surface area contributed by atoms with Gasteiger partial charge in [-0.1, -0.05) is 12.1 Å². The number of likely N-dealkylation sites (tertiary alicyclic amines) is 1. The summed E-state index contributed by atoms with van der Waals surface area (Å²) < 4.78 is 5.23. The largest absolute Gasteiger partial charge is 0.343 e. The van der Waals surface area contributed by atoms with Crippen LogP contribution in [0.15, 0.2) is 29.0 Å². The molecule has 2 aromatic heterocycles. The van der Waals surface area contributed by atoms with Crippen LogP contribution in [0.2, 0.25) is 0 Å². The minimum absolute atomic E-state index is 0.0643. The Morgan fingerprint density at radius 3 is 2.81 bits per heavy atom. The van der Waals surface area contributed by atoms with Crippen molar-refractivity contribution in [2.75, 3.05) is 20.1 Å². The van der Waals surface area contributed by atoms with Gasteiger partial charge >= 0.3 is 6.03 Å². The third-order valence-corrected chi connectivity index (χ3v) is 4.58. The van der Waals surface area contributed by atoms with Gasteiger partial charge < -0.3 is 19.6 Å². The summed E-state index contributed by atoms with van der Waals surface area (Å²) in [6.07, 6.45) is 5.37. The van der Waals surface area contributed by atoms with Crippen molar-refractivity contribution in [1.82, 2.24) is 30.2 Å². The summed E-state index contributed by atoms with van der Waals surface area (Å²) in [5, 5.41) is 6.93. The summed E-state index contributed by atoms with van der Waals surface area (Å²) in [7, 11) is 1.68. The van der Waals surface area contributed by atoms with Crippen LogP contribution in [0.3, 0.4) is 0 Å². The van der Waals surface area contributed by atoms with E-state index in [2.05, 4.69) is 20.4 Å². The van der Waals surface area contributed by atoms with Gasteiger partial charge in [-0.3, -0.25) is 9.78 Å². The van der Waals surface area contributed by atoms with E-state index in [0.717, 1.165) is 18.4 Å². The Labute approximate surface area is 157 Å². The van der Waals surface area contributed by atoms with Crippen molar-refractivity contribution >= 4 is 11.9 Å². The second kappa shape index (κ2) is 8.61. The molecule has 9 nitrogen and oxygen atoms in total. The highest BCUT2D eigenvalue weighted by molar-refractivity contribution is 5.76. The zero-order valence-electron chi connectivity index (χ0n) is 15.6. The highest BCUT2D eigenvalue weighted by atomic mass is 16.5. The van der Waals surface area contributed by atoms with Gasteiger partial charge in [0.1, 0.15) is 6.54 Å². The number of carbonyl (C=O) groups excluding carboxylic acids is 2. The lowest BCUT2D eigenvalue weighted by atomic mass is 10.0. The van der Waals surface area contributed by atoms with Gasteiger partial charge in [0.2, 0.25) is 17.6 Å². The van der Waals surface area contributed by atoms with E-state index in [0.29, 0.717) is 31.2 Å². The van der Waals surface area contributed by atoms with Crippen molar-refractivity contribution in [3.05, 3.63) is 30.4 Å². The summed E-state index contributed by atoms with van der Waals surface area (Å²) in [4.78, 5) is 35.8. The number of rotatable bonds is 5. The van der Waals surface area contributed by atoms with Crippen molar-refractivity contribution in [3.8, 4) is 11.4 Å². The van der Waals surface area contributed by atoms with Crippen LogP contribution in [0.1, 0.15) is 32.1 Å². The number of hydrogen-bond donors (Lipinski definition) is 1. The number of piperidine rings is 1. The Bertz CT molecular complexity index is 770. The average Bonchev–Trinajstić information content (AvgIpc) is 3.17. The van der Waals surface area contributed by atoms with Gasteiger partial charge in [0, 0.05) is 50.6 Å². The number of aromatic nitrogens is 3. The number of nitrogens with one attached hydrogen (secondary N) is 1. The standard InChI is InChI=1S/C18H24N6O3/c1-3-16(25)24-9-6-14(7-10-24)20-18(26)23(2)12-15-21-17(22-27-15)13-5-4-8-19-11-13/h4-5,8,11,14H,3,6-7,9-10,12H2,1-2H3,(H,20,26). The lowest BCUT2D eigenvalue weighted by molar-refractivity contribution is -0.131.